The van der Waals surface area contributed by atoms with Crippen LogP contribution in [0.2, 0.25) is 0 Å². The van der Waals surface area contributed by atoms with Gasteiger partial charge >= 0.3 is 0 Å². The number of hydrogen-bond acceptors (Lipinski definition) is 4. The molecule has 1 unspecified atom stereocenters. The van der Waals surface area contributed by atoms with Crippen molar-refractivity contribution in [1.82, 2.24) is 10.2 Å². The smallest absolute Gasteiger partial charge is 0.239 e. The molecule has 1 aliphatic heterocycles. The normalized spacial score (nSPS) is 19.7. The molecule has 2 amide bonds. The summed E-state index contributed by atoms with van der Waals surface area (Å²) >= 11 is 0. The summed E-state index contributed by atoms with van der Waals surface area (Å²) in [4.78, 5) is 24.1. The Morgan fingerprint density at radius 3 is 2.81 bits per heavy atom. The molecule has 0 aliphatic carbocycles. The number of hydrogen-bond donors (Lipinski definition) is 3. The number of carbonyl (C=O) groups excluding carboxylic acids is 2. The van der Waals surface area contributed by atoms with Crippen LogP contribution in [0, 0.1) is 0 Å². The Balaban J connectivity index is 2.28. The Hall–Kier alpha value is -1.14. The Morgan fingerprint density at radius 2 is 2.31 bits per heavy atom. The van der Waals surface area contributed by atoms with Crippen LogP contribution in [0.25, 0.3) is 0 Å². The minimum atomic E-state index is -1.31. The zero-order valence-electron chi connectivity index (χ0n) is 9.40. The van der Waals surface area contributed by atoms with Gasteiger partial charge in [-0.1, -0.05) is 0 Å². The van der Waals surface area contributed by atoms with E-state index in [1.807, 2.05) is 0 Å². The minimum absolute atomic E-state index is 0.0101. The van der Waals surface area contributed by atoms with Crippen LogP contribution in [0.4, 0.5) is 0 Å². The molecule has 0 saturated carbocycles. The maximum absolute atomic E-state index is 11.4. The van der Waals surface area contributed by atoms with Crippen LogP contribution in [0.5, 0.6) is 0 Å². The summed E-state index contributed by atoms with van der Waals surface area (Å²) < 4.78 is 0. The van der Waals surface area contributed by atoms with Crippen LogP contribution < -0.4 is 5.32 Å². The van der Waals surface area contributed by atoms with Crippen molar-refractivity contribution in [3.05, 3.63) is 0 Å². The third kappa shape index (κ3) is 3.79. The summed E-state index contributed by atoms with van der Waals surface area (Å²) in [6.45, 7) is 1.62. The summed E-state index contributed by atoms with van der Waals surface area (Å²) in [5, 5.41) is 20.7. The first-order valence-electron chi connectivity index (χ1n) is 5.32. The van der Waals surface area contributed by atoms with E-state index < -0.39 is 12.2 Å². The summed E-state index contributed by atoms with van der Waals surface area (Å²) in [6.07, 6.45) is 1.29. The van der Waals surface area contributed by atoms with E-state index in [1.54, 1.807) is 0 Å². The molecule has 0 bridgehead atoms. The van der Waals surface area contributed by atoms with Crippen molar-refractivity contribution in [2.24, 2.45) is 0 Å². The van der Waals surface area contributed by atoms with Crippen LogP contribution in [0.1, 0.15) is 19.8 Å². The van der Waals surface area contributed by atoms with Gasteiger partial charge in [0.1, 0.15) is 5.60 Å². The Morgan fingerprint density at radius 1 is 1.62 bits per heavy atom. The second-order valence-electron chi connectivity index (χ2n) is 4.35. The lowest BCUT2D eigenvalue weighted by Crippen LogP contribution is -2.46. The van der Waals surface area contributed by atoms with E-state index in [0.29, 0.717) is 13.0 Å². The maximum atomic E-state index is 11.4. The van der Waals surface area contributed by atoms with Crippen molar-refractivity contribution in [2.75, 3.05) is 26.2 Å². The van der Waals surface area contributed by atoms with Crippen LogP contribution in [-0.4, -0.2) is 58.8 Å². The second-order valence-corrected chi connectivity index (χ2v) is 4.35. The molecule has 1 atom stereocenters. The van der Waals surface area contributed by atoms with E-state index in [9.17, 15) is 14.7 Å². The van der Waals surface area contributed by atoms with Gasteiger partial charge in [0.2, 0.25) is 11.8 Å². The number of aliphatic hydroxyl groups excluding tert-OH is 1. The summed E-state index contributed by atoms with van der Waals surface area (Å²) in [5.41, 5.74) is -1.31. The molecule has 0 aromatic rings. The average molecular weight is 230 g/mol. The highest BCUT2D eigenvalue weighted by atomic mass is 16.3. The molecule has 1 rings (SSSR count). The fourth-order valence-corrected chi connectivity index (χ4v) is 1.45. The maximum Gasteiger partial charge on any atom is 0.239 e. The fraction of sp³-hybridized carbons (Fsp3) is 0.800. The summed E-state index contributed by atoms with van der Waals surface area (Å²) in [6, 6.07) is 0. The van der Waals surface area contributed by atoms with Crippen molar-refractivity contribution >= 4 is 11.8 Å². The molecule has 6 heteroatoms. The second kappa shape index (κ2) is 5.27. The van der Waals surface area contributed by atoms with Crippen LogP contribution in [0.3, 0.4) is 0 Å². The van der Waals surface area contributed by atoms with E-state index in [4.69, 9.17) is 5.11 Å². The highest BCUT2D eigenvalue weighted by molar-refractivity contribution is 5.85. The first-order valence-corrected chi connectivity index (χ1v) is 5.32. The molecule has 3 N–H and O–H groups in total. The molecule has 0 aromatic carbocycles. The van der Waals surface area contributed by atoms with Gasteiger partial charge in [0, 0.05) is 19.5 Å². The van der Waals surface area contributed by atoms with Gasteiger partial charge in [-0.2, -0.15) is 0 Å². The standard InChI is InChI=1S/C10H18N2O4/c1-10(16,7-13)6-11-8(14)5-12-4-2-3-9(12)15/h13,16H,2-7H2,1H3,(H,11,14). The Kier molecular flexibility index (Phi) is 4.26. The van der Waals surface area contributed by atoms with Crippen molar-refractivity contribution in [3.63, 3.8) is 0 Å². The van der Waals surface area contributed by atoms with Crippen LogP contribution in [-0.2, 0) is 9.59 Å². The first kappa shape index (κ1) is 12.9. The van der Waals surface area contributed by atoms with Gasteiger partial charge < -0.3 is 20.4 Å². The monoisotopic (exact) mass is 230 g/mol. The fourth-order valence-electron chi connectivity index (χ4n) is 1.45. The van der Waals surface area contributed by atoms with Gasteiger partial charge in [0.25, 0.3) is 0 Å². The number of rotatable bonds is 5. The molecule has 6 nitrogen and oxygen atoms in total. The Labute approximate surface area is 94.2 Å². The van der Waals surface area contributed by atoms with E-state index in [0.717, 1.165) is 6.42 Å². The largest absolute Gasteiger partial charge is 0.393 e. The van der Waals surface area contributed by atoms with Gasteiger partial charge in [-0.3, -0.25) is 9.59 Å². The van der Waals surface area contributed by atoms with Crippen molar-refractivity contribution < 1.29 is 19.8 Å². The molecule has 1 saturated heterocycles. The predicted molar refractivity (Wildman–Crippen MR) is 56.5 cm³/mol. The third-order valence-electron chi connectivity index (χ3n) is 2.51. The van der Waals surface area contributed by atoms with Gasteiger partial charge in [0.05, 0.1) is 13.2 Å². The highest BCUT2D eigenvalue weighted by Gasteiger charge is 2.24. The highest BCUT2D eigenvalue weighted by Crippen LogP contribution is 2.08. The van der Waals surface area contributed by atoms with E-state index >= 15 is 0 Å². The number of likely N-dealkylation sites (tertiary alicyclic amines) is 1. The SMILES string of the molecule is CC(O)(CO)CNC(=O)CN1CCCC1=O. The summed E-state index contributed by atoms with van der Waals surface area (Å²) in [5.74, 6) is -0.326. The molecule has 16 heavy (non-hydrogen) atoms. The number of carbonyl (C=O) groups is 2. The molecule has 0 aromatic heterocycles. The van der Waals surface area contributed by atoms with E-state index in [-0.39, 0.29) is 24.9 Å². The molecule has 0 radical (unpaired) electrons. The van der Waals surface area contributed by atoms with Crippen molar-refractivity contribution in [3.8, 4) is 0 Å². The molecule has 0 spiro atoms. The minimum Gasteiger partial charge on any atom is -0.393 e. The third-order valence-corrected chi connectivity index (χ3v) is 2.51. The van der Waals surface area contributed by atoms with Crippen molar-refractivity contribution in [1.29, 1.82) is 0 Å². The predicted octanol–water partition coefficient (Wildman–Crippen LogP) is -1.53. The van der Waals surface area contributed by atoms with Crippen molar-refractivity contribution in [2.45, 2.75) is 25.4 Å². The zero-order chi connectivity index (χ0) is 12.2. The van der Waals surface area contributed by atoms with Crippen LogP contribution >= 0.6 is 0 Å². The number of amides is 2. The molecule has 1 fully saturated rings. The zero-order valence-corrected chi connectivity index (χ0v) is 9.40. The Bertz CT molecular complexity index is 278. The lowest BCUT2D eigenvalue weighted by molar-refractivity contribution is -0.133. The molecular formula is C10H18N2O4. The molecule has 1 heterocycles. The first-order chi connectivity index (χ1) is 7.44. The van der Waals surface area contributed by atoms with Gasteiger partial charge in [0.15, 0.2) is 0 Å². The van der Waals surface area contributed by atoms with E-state index in [2.05, 4.69) is 5.32 Å². The van der Waals surface area contributed by atoms with E-state index in [1.165, 1.54) is 11.8 Å². The quantitative estimate of drug-likeness (QED) is 0.534. The topological polar surface area (TPSA) is 89.9 Å². The average Bonchev–Trinajstić information content (AvgIpc) is 2.62. The lowest BCUT2D eigenvalue weighted by Gasteiger charge is -2.22. The summed E-state index contributed by atoms with van der Waals surface area (Å²) in [7, 11) is 0. The van der Waals surface area contributed by atoms with Gasteiger partial charge in [-0.15, -0.1) is 0 Å². The molecule has 92 valence electrons. The van der Waals surface area contributed by atoms with Gasteiger partial charge in [-0.05, 0) is 13.3 Å². The van der Waals surface area contributed by atoms with Crippen LogP contribution in [0.15, 0.2) is 0 Å². The molecule has 1 aliphatic rings. The number of aliphatic hydroxyl groups is 2. The lowest BCUT2D eigenvalue weighted by atomic mass is 10.1. The number of nitrogens with zero attached hydrogens (tertiary/aromatic N) is 1. The number of nitrogens with one attached hydrogen (secondary N) is 1. The molecular weight excluding hydrogens is 212 g/mol. The van der Waals surface area contributed by atoms with Gasteiger partial charge in [-0.25, -0.2) is 0 Å².